The number of rotatable bonds is 3. The van der Waals surface area contributed by atoms with Crippen LogP contribution in [0.1, 0.15) is 10.4 Å². The van der Waals surface area contributed by atoms with Gasteiger partial charge in [-0.05, 0) is 18.2 Å². The van der Waals surface area contributed by atoms with Gasteiger partial charge in [-0.15, -0.1) is 0 Å². The molecule has 1 aromatic carbocycles. The number of benzene rings is 1. The van der Waals surface area contributed by atoms with Crippen molar-refractivity contribution in [1.82, 2.24) is 0 Å². The Morgan fingerprint density at radius 1 is 1.50 bits per heavy atom. The molecule has 0 aliphatic rings. The summed E-state index contributed by atoms with van der Waals surface area (Å²) in [6.07, 6.45) is 0. The molecule has 5 nitrogen and oxygen atoms in total. The van der Waals surface area contributed by atoms with E-state index in [4.69, 9.17) is 10.00 Å². The van der Waals surface area contributed by atoms with E-state index in [-0.39, 0.29) is 11.3 Å². The van der Waals surface area contributed by atoms with Crippen LogP contribution in [0.3, 0.4) is 0 Å². The predicted molar refractivity (Wildman–Crippen MR) is 49.8 cm³/mol. The zero-order chi connectivity index (χ0) is 10.8. The summed E-state index contributed by atoms with van der Waals surface area (Å²) in [4.78, 5) is 19.4. The highest BCUT2D eigenvalue weighted by molar-refractivity contribution is 7.52. The Morgan fingerprint density at radius 3 is 2.64 bits per heavy atom. The largest absolute Gasteiger partial charge is 0.478 e. The molecule has 0 heterocycles. The number of carboxylic acid groups (broad SMARTS) is 1. The van der Waals surface area contributed by atoms with Crippen molar-refractivity contribution < 1.29 is 23.9 Å². The third-order valence-electron chi connectivity index (χ3n) is 1.36. The Kier molecular flexibility index (Phi) is 2.93. The summed E-state index contributed by atoms with van der Waals surface area (Å²) in [5.74, 6) is -1.04. The minimum Gasteiger partial charge on any atom is -0.478 e. The van der Waals surface area contributed by atoms with Gasteiger partial charge in [-0.25, -0.2) is 9.36 Å². The molecule has 0 amide bonds. The SMILES string of the molecule is CP(=O)(O)Oc1cccc(C(=O)O)c1. The molecule has 0 radical (unpaired) electrons. The predicted octanol–water partition coefficient (Wildman–Crippen LogP) is 1.58. The maximum atomic E-state index is 10.9. The first-order valence-corrected chi connectivity index (χ1v) is 5.74. The number of hydrogen-bond donors (Lipinski definition) is 2. The minimum absolute atomic E-state index is 0.0101. The molecular weight excluding hydrogens is 207 g/mol. The van der Waals surface area contributed by atoms with Gasteiger partial charge in [0.1, 0.15) is 5.75 Å². The van der Waals surface area contributed by atoms with Gasteiger partial charge in [-0.1, -0.05) is 6.07 Å². The molecule has 14 heavy (non-hydrogen) atoms. The fourth-order valence-corrected chi connectivity index (χ4v) is 1.39. The van der Waals surface area contributed by atoms with E-state index >= 15 is 0 Å². The minimum atomic E-state index is -3.63. The molecule has 1 aromatic rings. The normalized spacial score (nSPS) is 14.4. The zero-order valence-corrected chi connectivity index (χ0v) is 8.27. The molecule has 76 valence electrons. The summed E-state index contributed by atoms with van der Waals surface area (Å²) < 4.78 is 15.5. The van der Waals surface area contributed by atoms with E-state index in [1.54, 1.807) is 0 Å². The zero-order valence-electron chi connectivity index (χ0n) is 7.38. The van der Waals surface area contributed by atoms with Crippen molar-refractivity contribution in [2.45, 2.75) is 0 Å². The maximum absolute atomic E-state index is 10.9. The lowest BCUT2D eigenvalue weighted by molar-refractivity contribution is 0.0696. The topological polar surface area (TPSA) is 83.8 Å². The van der Waals surface area contributed by atoms with Crippen molar-refractivity contribution in [2.75, 3.05) is 6.66 Å². The van der Waals surface area contributed by atoms with Gasteiger partial charge in [0, 0.05) is 6.66 Å². The van der Waals surface area contributed by atoms with Crippen LogP contribution in [0, 0.1) is 0 Å². The van der Waals surface area contributed by atoms with E-state index in [2.05, 4.69) is 4.52 Å². The third-order valence-corrected chi connectivity index (χ3v) is 1.91. The summed E-state index contributed by atoms with van der Waals surface area (Å²) in [6.45, 7) is 1.03. The number of carboxylic acids is 1. The van der Waals surface area contributed by atoms with Gasteiger partial charge < -0.3 is 14.5 Å². The molecule has 2 N–H and O–H groups in total. The molecule has 0 aliphatic carbocycles. The number of aromatic carboxylic acids is 1. The van der Waals surface area contributed by atoms with Gasteiger partial charge in [-0.2, -0.15) is 0 Å². The Balaban J connectivity index is 2.95. The Morgan fingerprint density at radius 2 is 2.14 bits per heavy atom. The van der Waals surface area contributed by atoms with Gasteiger partial charge in [-0.3, -0.25) is 0 Å². The summed E-state index contributed by atoms with van der Waals surface area (Å²) in [7, 11) is -3.63. The third kappa shape index (κ3) is 3.20. The molecule has 0 aliphatic heterocycles. The van der Waals surface area contributed by atoms with E-state index in [9.17, 15) is 9.36 Å². The summed E-state index contributed by atoms with van der Waals surface area (Å²) in [5.41, 5.74) is 0.0101. The smallest absolute Gasteiger partial charge is 0.373 e. The van der Waals surface area contributed by atoms with Gasteiger partial charge >= 0.3 is 13.6 Å². The highest BCUT2D eigenvalue weighted by Gasteiger charge is 2.12. The molecule has 0 saturated carbocycles. The molecular formula is C8H9O5P. The quantitative estimate of drug-likeness (QED) is 0.749. The van der Waals surface area contributed by atoms with E-state index < -0.39 is 13.6 Å². The first-order chi connectivity index (χ1) is 6.38. The molecule has 0 saturated heterocycles. The molecule has 0 bridgehead atoms. The van der Waals surface area contributed by atoms with Crippen LogP contribution in [0.2, 0.25) is 0 Å². The fraction of sp³-hybridized carbons (Fsp3) is 0.125. The Labute approximate surface area is 80.5 Å². The Bertz CT molecular complexity index is 394. The van der Waals surface area contributed by atoms with E-state index in [1.807, 2.05) is 0 Å². The lowest BCUT2D eigenvalue weighted by atomic mass is 10.2. The highest BCUT2D eigenvalue weighted by Crippen LogP contribution is 2.38. The fourth-order valence-electron chi connectivity index (χ4n) is 0.881. The molecule has 0 aromatic heterocycles. The van der Waals surface area contributed by atoms with Gasteiger partial charge in [0.25, 0.3) is 0 Å². The van der Waals surface area contributed by atoms with E-state index in [0.717, 1.165) is 6.66 Å². The first-order valence-electron chi connectivity index (χ1n) is 3.72. The Hall–Kier alpha value is -1.32. The van der Waals surface area contributed by atoms with Crippen LogP contribution in [-0.4, -0.2) is 22.6 Å². The summed E-state index contributed by atoms with van der Waals surface area (Å²) in [6, 6.07) is 5.41. The average Bonchev–Trinajstić information content (AvgIpc) is 2.01. The van der Waals surface area contributed by atoms with E-state index in [1.165, 1.54) is 24.3 Å². The molecule has 1 unspecified atom stereocenters. The lowest BCUT2D eigenvalue weighted by Crippen LogP contribution is -1.97. The van der Waals surface area contributed by atoms with Crippen molar-refractivity contribution in [2.24, 2.45) is 0 Å². The second kappa shape index (κ2) is 3.82. The van der Waals surface area contributed by atoms with Gasteiger partial charge in [0.2, 0.25) is 0 Å². The van der Waals surface area contributed by atoms with Crippen LogP contribution in [0.25, 0.3) is 0 Å². The standard InChI is InChI=1S/C8H9O5P/c1-14(11,12)13-7-4-2-3-6(5-7)8(9)10/h2-5H,1H3,(H,9,10)(H,11,12). The number of carbonyl (C=O) groups is 1. The van der Waals surface area contributed by atoms with E-state index in [0.29, 0.717) is 0 Å². The molecule has 0 fully saturated rings. The van der Waals surface area contributed by atoms with Crippen LogP contribution in [0.4, 0.5) is 0 Å². The first kappa shape index (κ1) is 10.8. The molecule has 0 spiro atoms. The van der Waals surface area contributed by atoms with Crippen LogP contribution < -0.4 is 4.52 Å². The average molecular weight is 216 g/mol. The van der Waals surface area contributed by atoms with Crippen molar-refractivity contribution in [1.29, 1.82) is 0 Å². The number of hydrogen-bond acceptors (Lipinski definition) is 3. The highest BCUT2D eigenvalue weighted by atomic mass is 31.2. The summed E-state index contributed by atoms with van der Waals surface area (Å²) >= 11 is 0. The van der Waals surface area contributed by atoms with Gasteiger partial charge in [0.05, 0.1) is 5.56 Å². The second-order valence-corrected chi connectivity index (χ2v) is 4.52. The van der Waals surface area contributed by atoms with Crippen LogP contribution in [-0.2, 0) is 4.57 Å². The van der Waals surface area contributed by atoms with Crippen LogP contribution in [0.5, 0.6) is 5.75 Å². The molecule has 6 heteroatoms. The maximum Gasteiger partial charge on any atom is 0.373 e. The van der Waals surface area contributed by atoms with Crippen molar-refractivity contribution in [3.05, 3.63) is 29.8 Å². The van der Waals surface area contributed by atoms with Crippen LogP contribution >= 0.6 is 7.60 Å². The molecule has 1 atom stereocenters. The van der Waals surface area contributed by atoms with Crippen LogP contribution in [0.15, 0.2) is 24.3 Å². The van der Waals surface area contributed by atoms with Crippen molar-refractivity contribution in [3.63, 3.8) is 0 Å². The van der Waals surface area contributed by atoms with Crippen molar-refractivity contribution >= 4 is 13.6 Å². The van der Waals surface area contributed by atoms with Crippen molar-refractivity contribution in [3.8, 4) is 5.75 Å². The molecule has 1 rings (SSSR count). The monoisotopic (exact) mass is 216 g/mol. The summed E-state index contributed by atoms with van der Waals surface area (Å²) in [5, 5.41) is 8.62. The van der Waals surface area contributed by atoms with Gasteiger partial charge in [0.15, 0.2) is 0 Å². The lowest BCUT2D eigenvalue weighted by Gasteiger charge is -2.08. The second-order valence-electron chi connectivity index (χ2n) is 2.73.